The van der Waals surface area contributed by atoms with Crippen molar-refractivity contribution in [2.24, 2.45) is 10.9 Å². The van der Waals surface area contributed by atoms with Crippen LogP contribution in [0.25, 0.3) is 0 Å². The van der Waals surface area contributed by atoms with Crippen molar-refractivity contribution in [2.45, 2.75) is 44.7 Å². The van der Waals surface area contributed by atoms with Gasteiger partial charge in [-0.3, -0.25) is 9.79 Å². The van der Waals surface area contributed by atoms with E-state index in [0.717, 1.165) is 24.3 Å². The molecule has 1 aromatic carbocycles. The number of carbonyl (C=O) groups excluding carboxylic acids is 1. The molecule has 0 saturated carbocycles. The van der Waals surface area contributed by atoms with E-state index in [1.54, 1.807) is 13.4 Å². The molecule has 0 spiro atoms. The topological polar surface area (TPSA) is 82.4 Å². The lowest BCUT2D eigenvalue weighted by Crippen LogP contribution is -2.47. The second-order valence-electron chi connectivity index (χ2n) is 7.97. The summed E-state index contributed by atoms with van der Waals surface area (Å²) in [7, 11) is 1.60. The number of aliphatic imine (C=N–C) groups is 1. The van der Waals surface area contributed by atoms with Crippen LogP contribution in [0.4, 0.5) is 0 Å². The monoisotopic (exact) mass is 387 g/mol. The highest BCUT2D eigenvalue weighted by Crippen LogP contribution is 2.43. The molecule has 0 radical (unpaired) electrons. The van der Waals surface area contributed by atoms with E-state index >= 15 is 0 Å². The van der Waals surface area contributed by atoms with Gasteiger partial charge >= 0.3 is 5.97 Å². The van der Waals surface area contributed by atoms with Gasteiger partial charge in [0, 0.05) is 26.1 Å². The van der Waals surface area contributed by atoms with Gasteiger partial charge in [0.05, 0.1) is 19.5 Å². The van der Waals surface area contributed by atoms with Crippen LogP contribution in [0.3, 0.4) is 0 Å². The molecule has 1 amide bonds. The summed E-state index contributed by atoms with van der Waals surface area (Å²) < 4.78 is 5.24. The van der Waals surface area contributed by atoms with Crippen molar-refractivity contribution in [1.29, 1.82) is 0 Å². The average molecular weight is 387 g/mol. The van der Waals surface area contributed by atoms with E-state index in [4.69, 9.17) is 4.74 Å². The average Bonchev–Trinajstić information content (AvgIpc) is 3.23. The van der Waals surface area contributed by atoms with Crippen LogP contribution in [0.5, 0.6) is 5.75 Å². The first-order chi connectivity index (χ1) is 13.4. The van der Waals surface area contributed by atoms with Gasteiger partial charge in [-0.05, 0) is 36.5 Å². The second-order valence-corrected chi connectivity index (χ2v) is 7.97. The molecular weight excluding hydrogens is 358 g/mol. The predicted molar refractivity (Wildman–Crippen MR) is 107 cm³/mol. The van der Waals surface area contributed by atoms with Gasteiger partial charge in [0.2, 0.25) is 5.91 Å². The number of ether oxygens (including phenoxy) is 1. The summed E-state index contributed by atoms with van der Waals surface area (Å²) in [6.07, 6.45) is 3.59. The van der Waals surface area contributed by atoms with Gasteiger partial charge in [-0.1, -0.05) is 26.0 Å². The first kappa shape index (κ1) is 20.2. The van der Waals surface area contributed by atoms with E-state index in [9.17, 15) is 14.7 Å². The van der Waals surface area contributed by atoms with E-state index in [-0.39, 0.29) is 11.8 Å². The number of nitrogens with zero attached hydrogens (tertiary/aromatic N) is 3. The summed E-state index contributed by atoms with van der Waals surface area (Å²) in [6.45, 7) is 5.93. The van der Waals surface area contributed by atoms with Gasteiger partial charge in [0.15, 0.2) is 5.54 Å². The van der Waals surface area contributed by atoms with Crippen LogP contribution >= 0.6 is 0 Å². The lowest BCUT2D eigenvalue weighted by atomic mass is 9.79. The third-order valence-electron chi connectivity index (χ3n) is 5.54. The van der Waals surface area contributed by atoms with E-state index in [2.05, 4.69) is 4.99 Å². The van der Waals surface area contributed by atoms with E-state index in [1.165, 1.54) is 0 Å². The molecule has 1 saturated heterocycles. The Morgan fingerprint density at radius 3 is 2.57 bits per heavy atom. The number of benzene rings is 1. The maximum absolute atomic E-state index is 12.4. The van der Waals surface area contributed by atoms with Crippen molar-refractivity contribution in [3.63, 3.8) is 0 Å². The Morgan fingerprint density at radius 1 is 1.32 bits per heavy atom. The van der Waals surface area contributed by atoms with Crippen molar-refractivity contribution in [3.05, 3.63) is 29.8 Å². The molecule has 1 aromatic rings. The van der Waals surface area contributed by atoms with E-state index < -0.39 is 17.6 Å². The maximum atomic E-state index is 12.4. The Balaban J connectivity index is 1.90. The quantitative estimate of drug-likeness (QED) is 0.741. The van der Waals surface area contributed by atoms with Crippen LogP contribution in [-0.4, -0.2) is 65.4 Å². The van der Waals surface area contributed by atoms with Crippen molar-refractivity contribution in [3.8, 4) is 5.75 Å². The number of amides is 1. The minimum Gasteiger partial charge on any atom is -0.497 e. The normalized spacial score (nSPS) is 24.4. The summed E-state index contributed by atoms with van der Waals surface area (Å²) in [6, 6.07) is 7.08. The van der Waals surface area contributed by atoms with Crippen LogP contribution in [0.2, 0.25) is 0 Å². The van der Waals surface area contributed by atoms with Gasteiger partial charge in [-0.2, -0.15) is 0 Å². The number of methoxy groups -OCH3 is 1. The number of hydrogen-bond acceptors (Lipinski definition) is 5. The number of likely N-dealkylation sites (tertiary alicyclic amines) is 1. The number of carbonyl (C=O) groups is 2. The molecule has 2 heterocycles. The summed E-state index contributed by atoms with van der Waals surface area (Å²) in [4.78, 5) is 32.7. The van der Waals surface area contributed by atoms with Gasteiger partial charge in [0.1, 0.15) is 5.75 Å². The zero-order valence-electron chi connectivity index (χ0n) is 16.8. The molecule has 2 aliphatic rings. The van der Waals surface area contributed by atoms with Gasteiger partial charge < -0.3 is 19.6 Å². The standard InChI is InChI=1S/C21H29N3O4/c1-15(2)13-21(20(26)27)19(16-6-8-17(28-3)9-7-16)24(14-22-21)12-11-23-10-4-5-18(23)25/h6-9,14-15,19H,4-5,10-13H2,1-3H3,(H,26,27). The van der Waals surface area contributed by atoms with Gasteiger partial charge in [0.25, 0.3) is 0 Å². The zero-order valence-corrected chi connectivity index (χ0v) is 16.8. The highest BCUT2D eigenvalue weighted by Gasteiger charge is 2.52. The minimum absolute atomic E-state index is 0.170. The van der Waals surface area contributed by atoms with Gasteiger partial charge in [-0.15, -0.1) is 0 Å². The SMILES string of the molecule is COc1ccc(C2N(CCN3CCCC3=O)C=NC2(CC(C)C)C(=O)O)cc1. The Labute approximate surface area is 166 Å². The van der Waals surface area contributed by atoms with Crippen molar-refractivity contribution >= 4 is 18.2 Å². The fraction of sp³-hybridized carbons (Fsp3) is 0.571. The predicted octanol–water partition coefficient (Wildman–Crippen LogP) is 2.57. The Kier molecular flexibility index (Phi) is 5.91. The highest BCUT2D eigenvalue weighted by molar-refractivity contribution is 5.85. The Hall–Kier alpha value is -2.57. The van der Waals surface area contributed by atoms with E-state index in [0.29, 0.717) is 25.9 Å². The fourth-order valence-corrected chi connectivity index (χ4v) is 4.25. The van der Waals surface area contributed by atoms with Crippen molar-refractivity contribution < 1.29 is 19.4 Å². The second kappa shape index (κ2) is 8.20. The molecule has 0 aromatic heterocycles. The highest BCUT2D eigenvalue weighted by atomic mass is 16.5. The molecule has 7 nitrogen and oxygen atoms in total. The van der Waals surface area contributed by atoms with Crippen LogP contribution in [-0.2, 0) is 9.59 Å². The lowest BCUT2D eigenvalue weighted by molar-refractivity contribution is -0.145. The molecule has 152 valence electrons. The fourth-order valence-electron chi connectivity index (χ4n) is 4.25. The van der Waals surface area contributed by atoms with E-state index in [1.807, 2.05) is 47.9 Å². The molecule has 2 unspecified atom stereocenters. The molecule has 7 heteroatoms. The molecule has 2 aliphatic heterocycles. The summed E-state index contributed by atoms with van der Waals surface area (Å²) in [5, 5.41) is 10.2. The first-order valence-corrected chi connectivity index (χ1v) is 9.83. The van der Waals surface area contributed by atoms with Crippen molar-refractivity contribution in [2.75, 3.05) is 26.7 Å². The molecule has 2 atom stereocenters. The third-order valence-corrected chi connectivity index (χ3v) is 5.54. The number of hydrogen-bond donors (Lipinski definition) is 1. The molecule has 1 N–H and O–H groups in total. The number of carboxylic acid groups (broad SMARTS) is 1. The maximum Gasteiger partial charge on any atom is 0.334 e. The molecule has 3 rings (SSSR count). The van der Waals surface area contributed by atoms with Crippen LogP contribution in [0.1, 0.15) is 44.7 Å². The summed E-state index contributed by atoms with van der Waals surface area (Å²) in [5.74, 6) is 0.151. The molecule has 1 fully saturated rings. The smallest absolute Gasteiger partial charge is 0.334 e. The summed E-state index contributed by atoms with van der Waals surface area (Å²) >= 11 is 0. The van der Waals surface area contributed by atoms with Crippen LogP contribution < -0.4 is 4.74 Å². The number of aliphatic carboxylic acids is 1. The van der Waals surface area contributed by atoms with Crippen molar-refractivity contribution in [1.82, 2.24) is 9.80 Å². The van der Waals surface area contributed by atoms with Gasteiger partial charge in [-0.25, -0.2) is 4.79 Å². The largest absolute Gasteiger partial charge is 0.497 e. The van der Waals surface area contributed by atoms with Crippen LogP contribution in [0.15, 0.2) is 29.3 Å². The zero-order chi connectivity index (χ0) is 20.3. The van der Waals surface area contributed by atoms with Crippen LogP contribution in [0, 0.1) is 5.92 Å². The summed E-state index contributed by atoms with van der Waals surface area (Å²) in [5.41, 5.74) is -0.355. The Morgan fingerprint density at radius 2 is 2.04 bits per heavy atom. The molecule has 0 aliphatic carbocycles. The molecular formula is C21H29N3O4. The number of rotatable bonds is 8. The Bertz CT molecular complexity index is 747. The third kappa shape index (κ3) is 3.84. The molecule has 0 bridgehead atoms. The number of carboxylic acids is 1. The molecule has 28 heavy (non-hydrogen) atoms. The minimum atomic E-state index is -1.24. The first-order valence-electron chi connectivity index (χ1n) is 9.83. The lowest BCUT2D eigenvalue weighted by Gasteiger charge is -2.36.